The number of rotatable bonds is 3. The maximum absolute atomic E-state index is 13.1. The van der Waals surface area contributed by atoms with E-state index in [4.69, 9.17) is 4.74 Å². The highest BCUT2D eigenvalue weighted by Gasteiger charge is 2.37. The standard InChI is InChI=1S/C19H23FN2O5/c1-12-9-22(11-16(27-12)19(25)26)18(24)14-3-2-8-21(10-14)17(23)13-4-6-15(20)7-5-13/h4-7,12,14,16H,2-3,8-11H2,1H3,(H,25,26)/t12-,14?,16?/m1/s1. The number of benzene rings is 1. The van der Waals surface area contributed by atoms with Crippen LogP contribution in [0.4, 0.5) is 4.39 Å². The van der Waals surface area contributed by atoms with Crippen LogP contribution in [0.5, 0.6) is 0 Å². The molecule has 2 amide bonds. The lowest BCUT2D eigenvalue weighted by Gasteiger charge is -2.39. The van der Waals surface area contributed by atoms with Gasteiger partial charge in [0.2, 0.25) is 5.91 Å². The summed E-state index contributed by atoms with van der Waals surface area (Å²) in [5, 5.41) is 9.18. The van der Waals surface area contributed by atoms with Crippen molar-refractivity contribution < 1.29 is 28.6 Å². The van der Waals surface area contributed by atoms with E-state index < -0.39 is 17.9 Å². The smallest absolute Gasteiger partial charge is 0.334 e. The molecule has 1 N–H and O–H groups in total. The summed E-state index contributed by atoms with van der Waals surface area (Å²) < 4.78 is 18.4. The maximum Gasteiger partial charge on any atom is 0.334 e. The zero-order valence-electron chi connectivity index (χ0n) is 15.1. The molecule has 146 valence electrons. The second-order valence-electron chi connectivity index (χ2n) is 7.11. The first-order valence-corrected chi connectivity index (χ1v) is 9.07. The molecule has 0 radical (unpaired) electrons. The van der Waals surface area contributed by atoms with Gasteiger partial charge in [0.15, 0.2) is 6.10 Å². The number of morpholine rings is 1. The van der Waals surface area contributed by atoms with Gasteiger partial charge in [-0.2, -0.15) is 0 Å². The minimum Gasteiger partial charge on any atom is -0.479 e. The number of likely N-dealkylation sites (tertiary alicyclic amines) is 1. The quantitative estimate of drug-likeness (QED) is 0.859. The van der Waals surface area contributed by atoms with Crippen molar-refractivity contribution >= 4 is 17.8 Å². The molecule has 3 atom stereocenters. The number of hydrogen-bond acceptors (Lipinski definition) is 4. The Balaban J connectivity index is 1.66. The number of carboxylic acids is 1. The molecule has 0 saturated carbocycles. The van der Waals surface area contributed by atoms with Crippen LogP contribution in [0.1, 0.15) is 30.1 Å². The molecule has 2 fully saturated rings. The monoisotopic (exact) mass is 378 g/mol. The Bertz CT molecular complexity index is 723. The van der Waals surface area contributed by atoms with Gasteiger partial charge in [-0.15, -0.1) is 0 Å². The Labute approximate surface area is 156 Å². The molecule has 2 unspecified atom stereocenters. The van der Waals surface area contributed by atoms with E-state index in [9.17, 15) is 23.9 Å². The third-order valence-electron chi connectivity index (χ3n) is 5.00. The highest BCUT2D eigenvalue weighted by molar-refractivity contribution is 5.94. The molecule has 1 aromatic rings. The average molecular weight is 378 g/mol. The van der Waals surface area contributed by atoms with E-state index in [1.807, 2.05) is 0 Å². The summed E-state index contributed by atoms with van der Waals surface area (Å²) >= 11 is 0. The Morgan fingerprint density at radius 3 is 2.48 bits per heavy atom. The molecule has 8 heteroatoms. The minimum absolute atomic E-state index is 0.0148. The summed E-state index contributed by atoms with van der Waals surface area (Å²) in [6.07, 6.45) is -0.0521. The lowest BCUT2D eigenvalue weighted by Crippen LogP contribution is -2.55. The van der Waals surface area contributed by atoms with Crippen molar-refractivity contribution in [1.82, 2.24) is 9.80 Å². The van der Waals surface area contributed by atoms with Gasteiger partial charge in [-0.1, -0.05) is 0 Å². The van der Waals surface area contributed by atoms with Crippen LogP contribution >= 0.6 is 0 Å². The molecule has 2 aliphatic rings. The summed E-state index contributed by atoms with van der Waals surface area (Å²) in [7, 11) is 0. The largest absolute Gasteiger partial charge is 0.479 e. The number of piperidine rings is 1. The van der Waals surface area contributed by atoms with Crippen LogP contribution in [0.15, 0.2) is 24.3 Å². The number of hydrogen-bond donors (Lipinski definition) is 1. The van der Waals surface area contributed by atoms with E-state index in [1.165, 1.54) is 29.2 Å². The predicted molar refractivity (Wildman–Crippen MR) is 93.6 cm³/mol. The molecular formula is C19H23FN2O5. The fraction of sp³-hybridized carbons (Fsp3) is 0.526. The molecule has 0 bridgehead atoms. The summed E-state index contributed by atoms with van der Waals surface area (Å²) in [5.41, 5.74) is 0.385. The van der Waals surface area contributed by atoms with E-state index in [-0.39, 0.29) is 36.9 Å². The molecule has 2 aliphatic heterocycles. The molecule has 2 heterocycles. The Hall–Kier alpha value is -2.48. The second-order valence-corrected chi connectivity index (χ2v) is 7.11. The molecule has 3 rings (SSSR count). The number of ether oxygens (including phenoxy) is 1. The fourth-order valence-corrected chi connectivity index (χ4v) is 3.66. The van der Waals surface area contributed by atoms with Crippen LogP contribution < -0.4 is 0 Å². The van der Waals surface area contributed by atoms with Crippen molar-refractivity contribution in [2.45, 2.75) is 32.0 Å². The van der Waals surface area contributed by atoms with E-state index in [2.05, 4.69) is 0 Å². The maximum atomic E-state index is 13.1. The first-order valence-electron chi connectivity index (χ1n) is 9.07. The SMILES string of the molecule is C[C@@H]1CN(C(=O)C2CCCN(C(=O)c3ccc(F)cc3)C2)CC(C(=O)O)O1. The number of nitrogens with zero attached hydrogens (tertiary/aromatic N) is 2. The summed E-state index contributed by atoms with van der Waals surface area (Å²) in [6, 6.07) is 5.34. The fourth-order valence-electron chi connectivity index (χ4n) is 3.66. The Morgan fingerprint density at radius 1 is 1.11 bits per heavy atom. The predicted octanol–water partition coefficient (Wildman–Crippen LogP) is 1.38. The Morgan fingerprint density at radius 2 is 1.81 bits per heavy atom. The number of carboxylic acid groups (broad SMARTS) is 1. The summed E-state index contributed by atoms with van der Waals surface area (Å²) in [5.74, 6) is -2.24. The number of carbonyl (C=O) groups excluding carboxylic acids is 2. The van der Waals surface area contributed by atoms with Gasteiger partial charge in [-0.05, 0) is 44.0 Å². The molecular weight excluding hydrogens is 355 g/mol. The number of halogens is 1. The van der Waals surface area contributed by atoms with E-state index in [0.29, 0.717) is 31.5 Å². The molecule has 7 nitrogen and oxygen atoms in total. The lowest BCUT2D eigenvalue weighted by molar-refractivity contribution is -0.168. The van der Waals surface area contributed by atoms with Crippen molar-refractivity contribution in [3.63, 3.8) is 0 Å². The third-order valence-corrected chi connectivity index (χ3v) is 5.00. The van der Waals surface area contributed by atoms with Crippen molar-refractivity contribution in [2.24, 2.45) is 5.92 Å². The lowest BCUT2D eigenvalue weighted by atomic mass is 9.95. The summed E-state index contributed by atoms with van der Waals surface area (Å²) in [4.78, 5) is 39.9. The normalized spacial score (nSPS) is 25.9. The number of aliphatic carboxylic acids is 1. The molecule has 0 aromatic heterocycles. The van der Waals surface area contributed by atoms with Gasteiger partial charge < -0.3 is 19.6 Å². The zero-order valence-corrected chi connectivity index (χ0v) is 15.1. The van der Waals surface area contributed by atoms with Gasteiger partial charge in [-0.3, -0.25) is 9.59 Å². The first kappa shape index (κ1) is 19.3. The molecule has 0 spiro atoms. The van der Waals surface area contributed by atoms with Crippen LogP contribution in [0, 0.1) is 11.7 Å². The van der Waals surface area contributed by atoms with Gasteiger partial charge in [-0.25, -0.2) is 9.18 Å². The minimum atomic E-state index is -1.09. The number of carbonyl (C=O) groups is 3. The van der Waals surface area contributed by atoms with Crippen LogP contribution in [-0.2, 0) is 14.3 Å². The van der Waals surface area contributed by atoms with Gasteiger partial charge in [0, 0.05) is 25.2 Å². The molecule has 2 saturated heterocycles. The van der Waals surface area contributed by atoms with E-state index in [0.717, 1.165) is 0 Å². The highest BCUT2D eigenvalue weighted by Crippen LogP contribution is 2.23. The van der Waals surface area contributed by atoms with Gasteiger partial charge in [0.1, 0.15) is 5.82 Å². The summed E-state index contributed by atoms with van der Waals surface area (Å²) in [6.45, 7) is 2.91. The van der Waals surface area contributed by atoms with Gasteiger partial charge >= 0.3 is 5.97 Å². The topological polar surface area (TPSA) is 87.2 Å². The van der Waals surface area contributed by atoms with Crippen molar-refractivity contribution in [2.75, 3.05) is 26.2 Å². The molecule has 1 aromatic carbocycles. The second kappa shape index (κ2) is 8.04. The van der Waals surface area contributed by atoms with Gasteiger partial charge in [0.25, 0.3) is 5.91 Å². The first-order chi connectivity index (χ1) is 12.8. The van der Waals surface area contributed by atoms with Gasteiger partial charge in [0.05, 0.1) is 18.6 Å². The average Bonchev–Trinajstić information content (AvgIpc) is 2.67. The van der Waals surface area contributed by atoms with Crippen LogP contribution in [0.3, 0.4) is 0 Å². The van der Waals surface area contributed by atoms with Crippen molar-refractivity contribution in [3.8, 4) is 0 Å². The molecule has 0 aliphatic carbocycles. The highest BCUT2D eigenvalue weighted by atomic mass is 19.1. The van der Waals surface area contributed by atoms with Crippen molar-refractivity contribution in [1.29, 1.82) is 0 Å². The van der Waals surface area contributed by atoms with E-state index >= 15 is 0 Å². The van der Waals surface area contributed by atoms with E-state index in [1.54, 1.807) is 11.8 Å². The van der Waals surface area contributed by atoms with Crippen LogP contribution in [0.2, 0.25) is 0 Å². The van der Waals surface area contributed by atoms with Crippen LogP contribution in [-0.4, -0.2) is 71.1 Å². The van der Waals surface area contributed by atoms with Crippen LogP contribution in [0.25, 0.3) is 0 Å². The third kappa shape index (κ3) is 4.44. The number of amides is 2. The van der Waals surface area contributed by atoms with Crippen molar-refractivity contribution in [3.05, 3.63) is 35.6 Å². The molecule has 27 heavy (non-hydrogen) atoms. The Kier molecular flexibility index (Phi) is 5.74. The zero-order chi connectivity index (χ0) is 19.6.